The van der Waals surface area contributed by atoms with E-state index in [1.54, 1.807) is 0 Å². The minimum atomic E-state index is -0.199. The molecule has 32 heavy (non-hydrogen) atoms. The summed E-state index contributed by atoms with van der Waals surface area (Å²) < 4.78 is 0. The van der Waals surface area contributed by atoms with Gasteiger partial charge in [-0.15, -0.1) is 0 Å². The Labute approximate surface area is 195 Å². The molecular weight excluding hydrogens is 418 g/mol. The molecule has 3 unspecified atom stereocenters. The molecule has 3 atom stereocenters. The molecule has 172 valence electrons. The monoisotopic (exact) mass is 453 g/mol. The number of nitrogens with zero attached hydrogens (tertiary/aromatic N) is 1. The van der Waals surface area contributed by atoms with E-state index >= 15 is 0 Å². The van der Waals surface area contributed by atoms with Crippen molar-refractivity contribution in [3.05, 3.63) is 57.5 Å². The Morgan fingerprint density at radius 1 is 1.28 bits per heavy atom. The van der Waals surface area contributed by atoms with Gasteiger partial charge < -0.3 is 10.3 Å². The largest absolute Gasteiger partial charge is 0.355 e. The predicted octanol–water partition coefficient (Wildman–Crippen LogP) is 4.81. The number of H-pyrrole nitrogens is 1. The average molecular weight is 454 g/mol. The SMILES string of the molecule is CC(C)c1ccc2c(c1)CCC1C(C)(CNC(=O)CSc3nccc(=O)[nH]3)CCCC21C. The summed E-state index contributed by atoms with van der Waals surface area (Å²) in [5, 5.41) is 3.68. The fourth-order valence-corrected chi connectivity index (χ4v) is 6.80. The van der Waals surface area contributed by atoms with E-state index in [-0.39, 0.29) is 28.0 Å². The second-order valence-corrected chi connectivity index (χ2v) is 11.4. The smallest absolute Gasteiger partial charge is 0.251 e. The third-order valence-electron chi connectivity index (χ3n) is 7.85. The van der Waals surface area contributed by atoms with Gasteiger partial charge in [0.25, 0.3) is 5.56 Å². The maximum Gasteiger partial charge on any atom is 0.251 e. The maximum absolute atomic E-state index is 12.6. The number of aromatic nitrogens is 2. The van der Waals surface area contributed by atoms with Crippen LogP contribution in [0.25, 0.3) is 0 Å². The number of nitrogens with one attached hydrogen (secondary N) is 2. The molecule has 0 aliphatic heterocycles. The first-order valence-electron chi connectivity index (χ1n) is 11.8. The Balaban J connectivity index is 1.44. The van der Waals surface area contributed by atoms with Crippen LogP contribution in [0.4, 0.5) is 0 Å². The number of aromatic amines is 1. The van der Waals surface area contributed by atoms with Crippen molar-refractivity contribution in [2.24, 2.45) is 11.3 Å². The van der Waals surface area contributed by atoms with E-state index in [2.05, 4.69) is 61.2 Å². The van der Waals surface area contributed by atoms with Crippen molar-refractivity contribution in [1.82, 2.24) is 15.3 Å². The molecule has 2 aliphatic carbocycles. The number of fused-ring (bicyclic) bond motifs is 3. The highest BCUT2D eigenvalue weighted by Crippen LogP contribution is 2.57. The first-order valence-corrected chi connectivity index (χ1v) is 12.8. The van der Waals surface area contributed by atoms with Gasteiger partial charge in [-0.25, -0.2) is 4.98 Å². The molecule has 0 spiro atoms. The number of carbonyl (C=O) groups is 1. The van der Waals surface area contributed by atoms with E-state index in [9.17, 15) is 9.59 Å². The lowest BCUT2D eigenvalue weighted by molar-refractivity contribution is -0.119. The van der Waals surface area contributed by atoms with E-state index in [1.807, 2.05) is 0 Å². The maximum atomic E-state index is 12.6. The summed E-state index contributed by atoms with van der Waals surface area (Å²) in [5.74, 6) is 1.36. The molecule has 2 aliphatic rings. The second kappa shape index (κ2) is 9.05. The van der Waals surface area contributed by atoms with E-state index in [4.69, 9.17) is 0 Å². The van der Waals surface area contributed by atoms with Crippen molar-refractivity contribution in [3.63, 3.8) is 0 Å². The van der Waals surface area contributed by atoms with Crippen LogP contribution in [0.1, 0.15) is 76.0 Å². The zero-order valence-electron chi connectivity index (χ0n) is 19.7. The molecule has 0 radical (unpaired) electrons. The normalized spacial score (nSPS) is 27.0. The lowest BCUT2D eigenvalue weighted by Crippen LogP contribution is -2.53. The lowest BCUT2D eigenvalue weighted by atomic mass is 9.49. The van der Waals surface area contributed by atoms with Gasteiger partial charge in [0.1, 0.15) is 0 Å². The number of hydrogen-bond acceptors (Lipinski definition) is 4. The standard InChI is InChI=1S/C26H35N3O2S/c1-17(2)18-6-8-20-19(14-18)7-9-21-25(3,11-5-12-26(20,21)4)16-28-23(31)15-32-24-27-13-10-22(30)29-24/h6,8,10,13-14,17,21H,5,7,9,11-12,15-16H2,1-4H3,(H,28,31)(H,27,29,30). The number of carbonyl (C=O) groups excluding carboxylic acids is 1. The van der Waals surface area contributed by atoms with Gasteiger partial charge in [0.05, 0.1) is 5.75 Å². The van der Waals surface area contributed by atoms with Gasteiger partial charge in [-0.2, -0.15) is 0 Å². The summed E-state index contributed by atoms with van der Waals surface area (Å²) in [7, 11) is 0. The van der Waals surface area contributed by atoms with Crippen LogP contribution in [0.15, 0.2) is 40.4 Å². The van der Waals surface area contributed by atoms with Crippen molar-refractivity contribution in [1.29, 1.82) is 0 Å². The summed E-state index contributed by atoms with van der Waals surface area (Å²) in [5.41, 5.74) is 4.55. The summed E-state index contributed by atoms with van der Waals surface area (Å²) >= 11 is 1.27. The predicted molar refractivity (Wildman–Crippen MR) is 130 cm³/mol. The molecule has 1 amide bonds. The Hall–Kier alpha value is -2.08. The van der Waals surface area contributed by atoms with Crippen LogP contribution < -0.4 is 10.9 Å². The number of hydrogen-bond donors (Lipinski definition) is 2. The van der Waals surface area contributed by atoms with E-state index in [0.29, 0.717) is 23.5 Å². The van der Waals surface area contributed by atoms with Crippen LogP contribution in [-0.4, -0.2) is 28.2 Å². The van der Waals surface area contributed by atoms with Crippen LogP contribution in [0.5, 0.6) is 0 Å². The fraction of sp³-hybridized carbons (Fsp3) is 0.577. The van der Waals surface area contributed by atoms with Crippen LogP contribution >= 0.6 is 11.8 Å². The Kier molecular flexibility index (Phi) is 6.53. The van der Waals surface area contributed by atoms with Crippen LogP contribution in [0.2, 0.25) is 0 Å². The summed E-state index contributed by atoms with van der Waals surface area (Å²) in [4.78, 5) is 30.7. The molecule has 1 saturated carbocycles. The molecule has 6 heteroatoms. The molecule has 5 nitrogen and oxygen atoms in total. The topological polar surface area (TPSA) is 74.8 Å². The molecule has 2 N–H and O–H groups in total. The quantitative estimate of drug-likeness (QED) is 0.486. The van der Waals surface area contributed by atoms with Crippen molar-refractivity contribution < 1.29 is 4.79 Å². The fourth-order valence-electron chi connectivity index (χ4n) is 6.13. The van der Waals surface area contributed by atoms with Gasteiger partial charge in [0, 0.05) is 18.8 Å². The number of aryl methyl sites for hydroxylation is 1. The van der Waals surface area contributed by atoms with E-state index in [0.717, 1.165) is 12.8 Å². The Morgan fingerprint density at radius 2 is 2.09 bits per heavy atom. The highest BCUT2D eigenvalue weighted by Gasteiger charge is 2.51. The lowest BCUT2D eigenvalue weighted by Gasteiger charge is -2.55. The van der Waals surface area contributed by atoms with Crippen LogP contribution in [-0.2, 0) is 16.6 Å². The third-order valence-corrected chi connectivity index (χ3v) is 8.73. The highest BCUT2D eigenvalue weighted by molar-refractivity contribution is 7.99. The van der Waals surface area contributed by atoms with Crippen molar-refractivity contribution >= 4 is 17.7 Å². The summed E-state index contributed by atoms with van der Waals surface area (Å²) in [6, 6.07) is 8.53. The van der Waals surface area contributed by atoms with Gasteiger partial charge in [0.15, 0.2) is 5.16 Å². The van der Waals surface area contributed by atoms with Crippen molar-refractivity contribution in [2.45, 2.75) is 76.3 Å². The molecule has 1 aromatic heterocycles. The number of thioether (sulfide) groups is 1. The minimum Gasteiger partial charge on any atom is -0.355 e. The molecule has 4 rings (SSSR count). The average Bonchev–Trinajstić information content (AvgIpc) is 2.76. The van der Waals surface area contributed by atoms with E-state index < -0.39 is 0 Å². The number of rotatable bonds is 6. The zero-order chi connectivity index (χ0) is 22.9. The first-order chi connectivity index (χ1) is 15.2. The number of amides is 1. The highest BCUT2D eigenvalue weighted by atomic mass is 32.2. The minimum absolute atomic E-state index is 0.00668. The molecule has 1 aromatic carbocycles. The first kappa shape index (κ1) is 23.1. The summed E-state index contributed by atoms with van der Waals surface area (Å²) in [6.07, 6.45) is 7.33. The summed E-state index contributed by atoms with van der Waals surface area (Å²) in [6.45, 7) is 10.0. The van der Waals surface area contributed by atoms with Crippen molar-refractivity contribution in [3.8, 4) is 0 Å². The Morgan fingerprint density at radius 3 is 2.84 bits per heavy atom. The molecule has 1 fully saturated rings. The van der Waals surface area contributed by atoms with Gasteiger partial charge in [0.2, 0.25) is 5.91 Å². The molecule has 0 bridgehead atoms. The zero-order valence-corrected chi connectivity index (χ0v) is 20.5. The van der Waals surface area contributed by atoms with Crippen LogP contribution in [0, 0.1) is 11.3 Å². The van der Waals surface area contributed by atoms with E-state index in [1.165, 1.54) is 60.0 Å². The Bertz CT molecular complexity index is 1050. The molecule has 2 aromatic rings. The number of benzene rings is 1. The molecular formula is C26H35N3O2S. The van der Waals surface area contributed by atoms with Crippen LogP contribution in [0.3, 0.4) is 0 Å². The van der Waals surface area contributed by atoms with Crippen molar-refractivity contribution in [2.75, 3.05) is 12.3 Å². The van der Waals surface area contributed by atoms with Gasteiger partial charge >= 0.3 is 0 Å². The van der Waals surface area contributed by atoms with Gasteiger partial charge in [-0.05, 0) is 65.0 Å². The second-order valence-electron chi connectivity index (χ2n) is 10.4. The third kappa shape index (κ3) is 4.52. The molecule has 1 heterocycles. The molecule has 0 saturated heterocycles. The van der Waals surface area contributed by atoms with Gasteiger partial charge in [-0.1, -0.05) is 64.1 Å². The van der Waals surface area contributed by atoms with Gasteiger partial charge in [-0.3, -0.25) is 9.59 Å².